The van der Waals surface area contributed by atoms with Crippen molar-refractivity contribution >= 4 is 86.2 Å². The lowest BCUT2D eigenvalue weighted by molar-refractivity contribution is 0.713. The van der Waals surface area contributed by atoms with Gasteiger partial charge < -0.3 is 0 Å². The molecule has 0 N–H and O–H groups in total. The molecule has 0 aromatic heterocycles. The Morgan fingerprint density at radius 2 is 0.906 bits per heavy atom. The van der Waals surface area contributed by atoms with Gasteiger partial charge in [-0.15, -0.1) is 0 Å². The molecule has 0 saturated heterocycles. The van der Waals surface area contributed by atoms with Gasteiger partial charge >= 0.3 is 0 Å². The summed E-state index contributed by atoms with van der Waals surface area (Å²) in [6, 6.07) is 17.3. The van der Waals surface area contributed by atoms with Crippen LogP contribution >= 0.6 is 0 Å². The zero-order chi connectivity index (χ0) is 19.8. The summed E-state index contributed by atoms with van der Waals surface area (Å²) in [7, 11) is 0. The van der Waals surface area contributed by atoms with Gasteiger partial charge in [0.15, 0.2) is 0 Å². The molecule has 0 heteroatoms. The Hall–Kier alpha value is -3.64. The maximum Gasteiger partial charge on any atom is -0.0000505 e. The second kappa shape index (κ2) is 3.63. The highest BCUT2D eigenvalue weighted by molar-refractivity contribution is 6.56. The molecule has 0 heterocycles. The van der Waals surface area contributed by atoms with Gasteiger partial charge in [-0.1, -0.05) is 42.5 Å². The van der Waals surface area contributed by atoms with Crippen LogP contribution in [0.25, 0.3) is 86.2 Å². The summed E-state index contributed by atoms with van der Waals surface area (Å²) in [5.41, 5.74) is 8.05. The highest BCUT2D eigenvalue weighted by atomic mass is 14.4. The van der Waals surface area contributed by atoms with E-state index in [0.29, 0.717) is 5.92 Å². The SMILES string of the molecule is c1cc2cc3c4c5c(cc6ccc7cc8c9c%10c%11c(c1CC%10C8)c2c4c%11c1c9c7c6c51)C3. The van der Waals surface area contributed by atoms with E-state index in [-0.39, 0.29) is 0 Å². The molecular formula is C32H14. The standard InChI is InChI=1S/C32H14/c1-2-12-6-16-10-18-8-14-4-3-13-7-17-9-15-5-11(1)19-20(12)28-24(16)26(18)30-22(14)21(13)29-25(17)23(15)27(19)31(28)32(29)30/h1-7,18H,8-10H2. The molecule has 3 aliphatic rings. The van der Waals surface area contributed by atoms with Crippen molar-refractivity contribution < 1.29 is 0 Å². The van der Waals surface area contributed by atoms with Crippen molar-refractivity contribution in [1.29, 1.82) is 0 Å². The van der Waals surface area contributed by atoms with E-state index in [2.05, 4.69) is 42.5 Å². The lowest BCUT2D eigenvalue weighted by Crippen LogP contribution is -2.06. The van der Waals surface area contributed by atoms with Crippen molar-refractivity contribution in [3.05, 3.63) is 70.3 Å². The molecule has 3 aliphatic carbocycles. The smallest absolute Gasteiger partial charge is 0.0000505 e. The Balaban J connectivity index is 1.70. The van der Waals surface area contributed by atoms with Crippen LogP contribution in [0.4, 0.5) is 0 Å². The fourth-order valence-corrected chi connectivity index (χ4v) is 9.32. The zero-order valence-electron chi connectivity index (χ0n) is 17.2. The quantitative estimate of drug-likeness (QED) is 0.226. The lowest BCUT2D eigenvalue weighted by atomic mass is 9.82. The average Bonchev–Trinajstić information content (AvgIpc) is 3.53. The molecular weight excluding hydrogens is 384 g/mol. The van der Waals surface area contributed by atoms with Crippen LogP contribution in [0.3, 0.4) is 0 Å². The molecule has 12 rings (SSSR count). The molecule has 0 aliphatic heterocycles. The van der Waals surface area contributed by atoms with Crippen LogP contribution in [-0.4, -0.2) is 0 Å². The van der Waals surface area contributed by atoms with Crippen molar-refractivity contribution in [2.45, 2.75) is 25.2 Å². The average molecular weight is 398 g/mol. The number of hydrogen-bond acceptors (Lipinski definition) is 0. The zero-order valence-corrected chi connectivity index (χ0v) is 17.2. The number of benzene rings is 7. The van der Waals surface area contributed by atoms with Crippen LogP contribution in [0, 0.1) is 0 Å². The van der Waals surface area contributed by atoms with Gasteiger partial charge in [-0.25, -0.2) is 0 Å². The maximum absolute atomic E-state index is 2.56. The largest absolute Gasteiger partial charge is 0.0578 e. The summed E-state index contributed by atoms with van der Waals surface area (Å²) in [4.78, 5) is 0. The van der Waals surface area contributed by atoms with E-state index in [9.17, 15) is 0 Å². The third kappa shape index (κ3) is 0.998. The van der Waals surface area contributed by atoms with Crippen LogP contribution in [0.1, 0.15) is 33.7 Å². The summed E-state index contributed by atoms with van der Waals surface area (Å²) in [5, 5.41) is 25.3. The van der Waals surface area contributed by atoms with Crippen LogP contribution in [-0.2, 0) is 19.3 Å². The Labute approximate surface area is 181 Å². The summed E-state index contributed by atoms with van der Waals surface area (Å²) in [6.07, 6.45) is 3.52. The Bertz CT molecular complexity index is 2360. The fraction of sp³-hybridized carbons (Fsp3) is 0.125. The molecule has 9 aromatic rings. The minimum atomic E-state index is 0.658. The molecule has 1 unspecified atom stereocenters. The second-order valence-electron chi connectivity index (χ2n) is 11.1. The van der Waals surface area contributed by atoms with Crippen molar-refractivity contribution in [1.82, 2.24) is 0 Å². The first-order chi connectivity index (χ1) is 15.9. The third-order valence-corrected chi connectivity index (χ3v) is 10.1. The van der Waals surface area contributed by atoms with Crippen LogP contribution in [0.5, 0.6) is 0 Å². The van der Waals surface area contributed by atoms with E-state index in [1.165, 1.54) is 29.0 Å². The predicted molar refractivity (Wildman–Crippen MR) is 135 cm³/mol. The van der Waals surface area contributed by atoms with Crippen molar-refractivity contribution in [3.63, 3.8) is 0 Å². The van der Waals surface area contributed by atoms with Gasteiger partial charge in [-0.3, -0.25) is 0 Å². The topological polar surface area (TPSA) is 0 Å². The molecule has 1 atom stereocenters. The summed E-state index contributed by atoms with van der Waals surface area (Å²) >= 11 is 0. The normalized spacial score (nSPS) is 19.2. The van der Waals surface area contributed by atoms with E-state index in [4.69, 9.17) is 0 Å². The van der Waals surface area contributed by atoms with Crippen molar-refractivity contribution in [3.8, 4) is 0 Å². The second-order valence-corrected chi connectivity index (χ2v) is 11.1. The van der Waals surface area contributed by atoms with Crippen molar-refractivity contribution in [2.24, 2.45) is 0 Å². The molecule has 0 saturated carbocycles. The van der Waals surface area contributed by atoms with Gasteiger partial charge in [-0.2, -0.15) is 0 Å². The predicted octanol–water partition coefficient (Wildman–Crippen LogP) is 8.20. The van der Waals surface area contributed by atoms with E-state index >= 15 is 0 Å². The van der Waals surface area contributed by atoms with E-state index in [0.717, 1.165) is 6.42 Å². The van der Waals surface area contributed by atoms with Gasteiger partial charge in [-0.05, 0) is 139 Å². The van der Waals surface area contributed by atoms with Crippen molar-refractivity contribution in [2.75, 3.05) is 0 Å². The van der Waals surface area contributed by atoms with Crippen LogP contribution < -0.4 is 0 Å². The molecule has 32 heavy (non-hydrogen) atoms. The molecule has 9 aromatic carbocycles. The minimum Gasteiger partial charge on any atom is -0.0578 e. The van der Waals surface area contributed by atoms with E-state index < -0.39 is 0 Å². The highest BCUT2D eigenvalue weighted by Gasteiger charge is 2.40. The summed E-state index contributed by atoms with van der Waals surface area (Å²) in [6.45, 7) is 0. The molecule has 142 valence electrons. The monoisotopic (exact) mass is 398 g/mol. The van der Waals surface area contributed by atoms with Gasteiger partial charge in [0.05, 0.1) is 0 Å². The van der Waals surface area contributed by atoms with E-state index in [1.807, 2.05) is 0 Å². The number of rotatable bonds is 0. The lowest BCUT2D eigenvalue weighted by Gasteiger charge is -2.21. The summed E-state index contributed by atoms with van der Waals surface area (Å²) < 4.78 is 0. The van der Waals surface area contributed by atoms with Gasteiger partial charge in [0.2, 0.25) is 0 Å². The van der Waals surface area contributed by atoms with Crippen LogP contribution in [0.15, 0.2) is 42.5 Å². The Kier molecular flexibility index (Phi) is 1.55. The van der Waals surface area contributed by atoms with Crippen LogP contribution in [0.2, 0.25) is 0 Å². The van der Waals surface area contributed by atoms with Gasteiger partial charge in [0.1, 0.15) is 0 Å². The van der Waals surface area contributed by atoms with E-state index in [1.54, 1.807) is 97.8 Å². The Morgan fingerprint density at radius 1 is 0.406 bits per heavy atom. The molecule has 0 amide bonds. The number of hydrogen-bond donors (Lipinski definition) is 0. The molecule has 0 radical (unpaired) electrons. The summed E-state index contributed by atoms with van der Waals surface area (Å²) in [5.74, 6) is 0.658. The first-order valence-electron chi connectivity index (χ1n) is 12.1. The highest BCUT2D eigenvalue weighted by Crippen LogP contribution is 2.63. The minimum absolute atomic E-state index is 0.658. The fourth-order valence-electron chi connectivity index (χ4n) is 9.32. The molecule has 0 spiro atoms. The molecule has 0 nitrogen and oxygen atoms in total. The first kappa shape index (κ1) is 13.7. The first-order valence-corrected chi connectivity index (χ1v) is 12.1. The molecule has 0 bridgehead atoms. The third-order valence-electron chi connectivity index (χ3n) is 10.1. The Morgan fingerprint density at radius 3 is 1.66 bits per heavy atom. The maximum atomic E-state index is 2.56. The molecule has 0 fully saturated rings. The van der Waals surface area contributed by atoms with Gasteiger partial charge in [0, 0.05) is 0 Å². The van der Waals surface area contributed by atoms with Gasteiger partial charge in [0.25, 0.3) is 0 Å².